The van der Waals surface area contributed by atoms with Crippen LogP contribution in [0.5, 0.6) is 0 Å². The molecule has 92 valence electrons. The number of hydrogen-bond donors (Lipinski definition) is 2. The van der Waals surface area contributed by atoms with Crippen LogP contribution in [0.15, 0.2) is 36.7 Å². The molecule has 0 unspecified atom stereocenters. The van der Waals surface area contributed by atoms with Crippen LogP contribution < -0.4 is 0 Å². The van der Waals surface area contributed by atoms with Gasteiger partial charge in [-0.3, -0.25) is 4.68 Å². The van der Waals surface area contributed by atoms with Gasteiger partial charge in [-0.25, -0.2) is 9.59 Å². The molecule has 0 atom stereocenters. The molecule has 0 aliphatic heterocycles. The quantitative estimate of drug-likeness (QED) is 0.848. The van der Waals surface area contributed by atoms with Gasteiger partial charge in [0.05, 0.1) is 23.9 Å². The van der Waals surface area contributed by atoms with E-state index < -0.39 is 11.9 Å². The van der Waals surface area contributed by atoms with Gasteiger partial charge < -0.3 is 10.2 Å². The van der Waals surface area contributed by atoms with E-state index in [1.807, 2.05) is 0 Å². The van der Waals surface area contributed by atoms with E-state index in [1.54, 1.807) is 12.1 Å². The highest BCUT2D eigenvalue weighted by molar-refractivity contribution is 5.87. The van der Waals surface area contributed by atoms with E-state index in [0.29, 0.717) is 6.54 Å². The Labute approximate surface area is 102 Å². The molecule has 0 saturated carbocycles. The first-order valence-electron chi connectivity index (χ1n) is 5.14. The van der Waals surface area contributed by atoms with E-state index >= 15 is 0 Å². The Morgan fingerprint density at radius 1 is 1.06 bits per heavy atom. The monoisotopic (exact) mass is 246 g/mol. The van der Waals surface area contributed by atoms with Crippen molar-refractivity contribution >= 4 is 11.9 Å². The molecular weight excluding hydrogens is 236 g/mol. The molecule has 0 saturated heterocycles. The molecule has 2 N–H and O–H groups in total. The third kappa shape index (κ3) is 2.54. The Bertz CT molecular complexity index is 586. The zero-order valence-corrected chi connectivity index (χ0v) is 9.28. The standard InChI is InChI=1S/C12H10N2O4/c15-11(16)9-3-1-8(2-4-9)6-14-7-10(5-13-14)12(17)18/h1-5,7H,6H2,(H,15,16)(H,17,18). The van der Waals surface area contributed by atoms with E-state index in [2.05, 4.69) is 5.10 Å². The van der Waals surface area contributed by atoms with Gasteiger partial charge in [-0.2, -0.15) is 5.10 Å². The van der Waals surface area contributed by atoms with Crippen molar-refractivity contribution in [2.75, 3.05) is 0 Å². The molecular formula is C12H10N2O4. The van der Waals surface area contributed by atoms with Crippen LogP contribution in [0.25, 0.3) is 0 Å². The van der Waals surface area contributed by atoms with Gasteiger partial charge in [-0.1, -0.05) is 12.1 Å². The Balaban J connectivity index is 2.13. The van der Waals surface area contributed by atoms with Gasteiger partial charge in [0.15, 0.2) is 0 Å². The summed E-state index contributed by atoms with van der Waals surface area (Å²) in [6, 6.07) is 6.34. The maximum absolute atomic E-state index is 10.7. The van der Waals surface area contributed by atoms with Crippen LogP contribution in [0, 0.1) is 0 Å². The molecule has 0 aliphatic rings. The fourth-order valence-electron chi connectivity index (χ4n) is 1.50. The van der Waals surface area contributed by atoms with Crippen LogP contribution in [0.1, 0.15) is 26.3 Å². The van der Waals surface area contributed by atoms with Gasteiger partial charge >= 0.3 is 11.9 Å². The summed E-state index contributed by atoms with van der Waals surface area (Å²) in [5.74, 6) is -2.00. The first-order valence-corrected chi connectivity index (χ1v) is 5.14. The largest absolute Gasteiger partial charge is 0.478 e. The number of hydrogen-bond acceptors (Lipinski definition) is 3. The van der Waals surface area contributed by atoms with Gasteiger partial charge in [0.25, 0.3) is 0 Å². The molecule has 0 aliphatic carbocycles. The topological polar surface area (TPSA) is 92.4 Å². The average Bonchev–Trinajstić information content (AvgIpc) is 2.78. The number of nitrogens with zero attached hydrogens (tertiary/aromatic N) is 2. The Kier molecular flexibility index (Phi) is 3.09. The predicted octanol–water partition coefficient (Wildman–Crippen LogP) is 1.33. The van der Waals surface area contributed by atoms with Gasteiger partial charge in [-0.15, -0.1) is 0 Å². The van der Waals surface area contributed by atoms with E-state index in [1.165, 1.54) is 29.2 Å². The molecule has 6 heteroatoms. The Hall–Kier alpha value is -2.63. The summed E-state index contributed by atoms with van der Waals surface area (Å²) in [7, 11) is 0. The zero-order valence-electron chi connectivity index (χ0n) is 9.28. The number of benzene rings is 1. The summed E-state index contributed by atoms with van der Waals surface area (Å²) in [5, 5.41) is 21.4. The van der Waals surface area contributed by atoms with E-state index in [-0.39, 0.29) is 11.1 Å². The number of carboxylic acid groups (broad SMARTS) is 2. The molecule has 6 nitrogen and oxygen atoms in total. The van der Waals surface area contributed by atoms with Crippen molar-refractivity contribution in [3.05, 3.63) is 53.3 Å². The summed E-state index contributed by atoms with van der Waals surface area (Å²) in [5.41, 5.74) is 1.18. The van der Waals surface area contributed by atoms with Crippen molar-refractivity contribution in [3.8, 4) is 0 Å². The molecule has 0 fully saturated rings. The predicted molar refractivity (Wildman–Crippen MR) is 61.7 cm³/mol. The molecule has 0 radical (unpaired) electrons. The lowest BCUT2D eigenvalue weighted by Crippen LogP contribution is -2.02. The third-order valence-electron chi connectivity index (χ3n) is 2.43. The lowest BCUT2D eigenvalue weighted by Gasteiger charge is -2.02. The highest BCUT2D eigenvalue weighted by Crippen LogP contribution is 2.07. The van der Waals surface area contributed by atoms with Crippen molar-refractivity contribution < 1.29 is 19.8 Å². The van der Waals surface area contributed by atoms with E-state index in [4.69, 9.17) is 10.2 Å². The molecule has 2 aromatic rings. The van der Waals surface area contributed by atoms with Gasteiger partial charge in [0.2, 0.25) is 0 Å². The number of aromatic nitrogens is 2. The number of carboxylic acids is 2. The summed E-state index contributed by atoms with van der Waals surface area (Å²) in [4.78, 5) is 21.3. The maximum Gasteiger partial charge on any atom is 0.338 e. The molecule has 0 spiro atoms. The van der Waals surface area contributed by atoms with E-state index in [9.17, 15) is 9.59 Å². The van der Waals surface area contributed by atoms with Crippen LogP contribution in [0.2, 0.25) is 0 Å². The fraction of sp³-hybridized carbons (Fsp3) is 0.0833. The lowest BCUT2D eigenvalue weighted by molar-refractivity contribution is 0.0686. The number of aromatic carboxylic acids is 2. The molecule has 2 rings (SSSR count). The number of carbonyl (C=O) groups is 2. The van der Waals surface area contributed by atoms with E-state index in [0.717, 1.165) is 5.56 Å². The molecule has 1 aromatic carbocycles. The summed E-state index contributed by atoms with van der Waals surface area (Å²) in [6.45, 7) is 0.396. The lowest BCUT2D eigenvalue weighted by atomic mass is 10.1. The molecule has 0 bridgehead atoms. The van der Waals surface area contributed by atoms with Crippen molar-refractivity contribution in [3.63, 3.8) is 0 Å². The second kappa shape index (κ2) is 4.70. The Morgan fingerprint density at radius 2 is 1.67 bits per heavy atom. The first-order chi connectivity index (χ1) is 8.56. The SMILES string of the molecule is O=C(O)c1ccc(Cn2cc(C(=O)O)cn2)cc1. The normalized spacial score (nSPS) is 10.2. The van der Waals surface area contributed by atoms with Crippen LogP contribution in [0.4, 0.5) is 0 Å². The highest BCUT2D eigenvalue weighted by atomic mass is 16.4. The summed E-state index contributed by atoms with van der Waals surface area (Å²) >= 11 is 0. The summed E-state index contributed by atoms with van der Waals surface area (Å²) < 4.78 is 1.49. The average molecular weight is 246 g/mol. The smallest absolute Gasteiger partial charge is 0.338 e. The maximum atomic E-state index is 10.7. The minimum absolute atomic E-state index is 0.122. The molecule has 1 aromatic heterocycles. The van der Waals surface area contributed by atoms with Crippen molar-refractivity contribution in [1.82, 2.24) is 9.78 Å². The van der Waals surface area contributed by atoms with Crippen LogP contribution in [-0.4, -0.2) is 31.9 Å². The van der Waals surface area contributed by atoms with Gasteiger partial charge in [0, 0.05) is 6.20 Å². The molecule has 0 amide bonds. The van der Waals surface area contributed by atoms with Crippen LogP contribution >= 0.6 is 0 Å². The second-order valence-electron chi connectivity index (χ2n) is 3.73. The second-order valence-corrected chi connectivity index (χ2v) is 3.73. The highest BCUT2D eigenvalue weighted by Gasteiger charge is 2.06. The minimum Gasteiger partial charge on any atom is -0.478 e. The van der Waals surface area contributed by atoms with Gasteiger partial charge in [-0.05, 0) is 17.7 Å². The Morgan fingerprint density at radius 3 is 2.17 bits per heavy atom. The van der Waals surface area contributed by atoms with Gasteiger partial charge in [0.1, 0.15) is 0 Å². The number of rotatable bonds is 4. The van der Waals surface area contributed by atoms with Crippen molar-refractivity contribution in [1.29, 1.82) is 0 Å². The summed E-state index contributed by atoms with van der Waals surface area (Å²) in [6.07, 6.45) is 2.70. The van der Waals surface area contributed by atoms with Crippen molar-refractivity contribution in [2.45, 2.75) is 6.54 Å². The third-order valence-corrected chi connectivity index (χ3v) is 2.43. The first kappa shape index (κ1) is 11.8. The van der Waals surface area contributed by atoms with Crippen molar-refractivity contribution in [2.24, 2.45) is 0 Å². The minimum atomic E-state index is -1.03. The van der Waals surface area contributed by atoms with Crippen LogP contribution in [-0.2, 0) is 6.54 Å². The zero-order chi connectivity index (χ0) is 13.1. The molecule has 18 heavy (non-hydrogen) atoms. The molecule has 1 heterocycles. The fourth-order valence-corrected chi connectivity index (χ4v) is 1.50. The van der Waals surface area contributed by atoms with Crippen LogP contribution in [0.3, 0.4) is 0 Å².